The van der Waals surface area contributed by atoms with Crippen LogP contribution < -0.4 is 10.5 Å². The van der Waals surface area contributed by atoms with Crippen molar-refractivity contribution < 1.29 is 8.95 Å². The standard InChI is InChI=1S/C15H23NO2S/c16-12-13-5-3-6-14(11-13)18-9-4-10-19(17)15-7-1-2-8-15/h3,5-6,11,15H,1-2,4,7-10,12,16H2. The van der Waals surface area contributed by atoms with E-state index in [0.29, 0.717) is 18.4 Å². The predicted octanol–water partition coefficient (Wildman–Crippen LogP) is 2.61. The molecule has 0 aliphatic heterocycles. The molecule has 0 saturated heterocycles. The molecule has 106 valence electrons. The maximum absolute atomic E-state index is 12.0. The lowest BCUT2D eigenvalue weighted by molar-refractivity contribution is 0.318. The van der Waals surface area contributed by atoms with Crippen LogP contribution in [0.2, 0.25) is 0 Å². The number of hydrogen-bond donors (Lipinski definition) is 1. The Labute approximate surface area is 118 Å². The van der Waals surface area contributed by atoms with Crippen molar-refractivity contribution in [2.75, 3.05) is 12.4 Å². The molecule has 1 fully saturated rings. The number of rotatable bonds is 7. The van der Waals surface area contributed by atoms with Crippen molar-refractivity contribution in [3.8, 4) is 5.75 Å². The Morgan fingerprint density at radius 3 is 2.84 bits per heavy atom. The van der Waals surface area contributed by atoms with E-state index in [4.69, 9.17) is 10.5 Å². The van der Waals surface area contributed by atoms with Gasteiger partial charge in [0.1, 0.15) is 5.75 Å². The smallest absolute Gasteiger partial charge is 0.119 e. The molecule has 4 heteroatoms. The summed E-state index contributed by atoms with van der Waals surface area (Å²) in [6, 6.07) is 7.84. The molecule has 0 aromatic heterocycles. The van der Waals surface area contributed by atoms with E-state index in [1.54, 1.807) is 0 Å². The second-order valence-electron chi connectivity index (χ2n) is 5.04. The third-order valence-electron chi connectivity index (χ3n) is 3.57. The Kier molecular flexibility index (Phi) is 5.86. The Balaban J connectivity index is 1.67. The van der Waals surface area contributed by atoms with Crippen molar-refractivity contribution in [2.24, 2.45) is 5.73 Å². The summed E-state index contributed by atoms with van der Waals surface area (Å²) in [6.07, 6.45) is 5.64. The lowest BCUT2D eigenvalue weighted by atomic mass is 10.2. The molecule has 19 heavy (non-hydrogen) atoms. The minimum absolute atomic E-state index is 0.445. The molecule has 1 unspecified atom stereocenters. The number of ether oxygens (including phenoxy) is 1. The summed E-state index contributed by atoms with van der Waals surface area (Å²) in [7, 11) is -0.659. The fraction of sp³-hybridized carbons (Fsp3) is 0.600. The van der Waals surface area contributed by atoms with Crippen molar-refractivity contribution in [2.45, 2.75) is 43.9 Å². The van der Waals surface area contributed by atoms with Gasteiger partial charge in [0.15, 0.2) is 0 Å². The summed E-state index contributed by atoms with van der Waals surface area (Å²) in [4.78, 5) is 0. The molecule has 1 aromatic carbocycles. The molecule has 0 spiro atoms. The molecule has 1 saturated carbocycles. The zero-order valence-electron chi connectivity index (χ0n) is 11.3. The molecule has 0 heterocycles. The van der Waals surface area contributed by atoms with Gasteiger partial charge in [-0.05, 0) is 37.0 Å². The van der Waals surface area contributed by atoms with Crippen LogP contribution in [0.3, 0.4) is 0 Å². The molecule has 2 N–H and O–H groups in total. The first-order chi connectivity index (χ1) is 9.29. The molecule has 0 bridgehead atoms. The van der Waals surface area contributed by atoms with E-state index in [9.17, 15) is 4.21 Å². The minimum Gasteiger partial charge on any atom is -0.494 e. The molecular weight excluding hydrogens is 258 g/mol. The second-order valence-corrected chi connectivity index (χ2v) is 6.88. The van der Waals surface area contributed by atoms with Crippen LogP contribution in [0.25, 0.3) is 0 Å². The lowest BCUT2D eigenvalue weighted by Gasteiger charge is -2.10. The zero-order valence-corrected chi connectivity index (χ0v) is 12.2. The van der Waals surface area contributed by atoms with Gasteiger partial charge >= 0.3 is 0 Å². The van der Waals surface area contributed by atoms with Crippen LogP contribution in [0, 0.1) is 0 Å². The quantitative estimate of drug-likeness (QED) is 0.782. The van der Waals surface area contributed by atoms with Gasteiger partial charge < -0.3 is 10.5 Å². The van der Waals surface area contributed by atoms with Crippen LogP contribution in [0.4, 0.5) is 0 Å². The summed E-state index contributed by atoms with van der Waals surface area (Å²) in [5.74, 6) is 1.62. The van der Waals surface area contributed by atoms with Gasteiger partial charge in [0.25, 0.3) is 0 Å². The van der Waals surface area contributed by atoms with E-state index < -0.39 is 10.8 Å². The average molecular weight is 281 g/mol. The number of benzene rings is 1. The van der Waals surface area contributed by atoms with Gasteiger partial charge in [-0.3, -0.25) is 4.21 Å². The normalized spacial score (nSPS) is 17.5. The third-order valence-corrected chi connectivity index (χ3v) is 5.47. The van der Waals surface area contributed by atoms with E-state index in [1.165, 1.54) is 12.8 Å². The molecule has 2 rings (SSSR count). The summed E-state index contributed by atoms with van der Waals surface area (Å²) >= 11 is 0. The first-order valence-corrected chi connectivity index (χ1v) is 8.47. The molecule has 1 aliphatic carbocycles. The maximum atomic E-state index is 12.0. The monoisotopic (exact) mass is 281 g/mol. The van der Waals surface area contributed by atoms with Crippen LogP contribution in [0.15, 0.2) is 24.3 Å². The van der Waals surface area contributed by atoms with Gasteiger partial charge in [0.05, 0.1) is 6.61 Å². The fourth-order valence-electron chi connectivity index (χ4n) is 2.47. The SMILES string of the molecule is NCc1cccc(OCCCS(=O)C2CCCC2)c1. The van der Waals surface area contributed by atoms with Gasteiger partial charge in [-0.2, -0.15) is 0 Å². The fourth-order valence-corrected chi connectivity index (χ4v) is 4.07. The van der Waals surface area contributed by atoms with Gasteiger partial charge in [0, 0.05) is 28.3 Å². The van der Waals surface area contributed by atoms with Crippen LogP contribution >= 0.6 is 0 Å². The molecule has 3 nitrogen and oxygen atoms in total. The van der Waals surface area contributed by atoms with E-state index in [2.05, 4.69) is 0 Å². The largest absolute Gasteiger partial charge is 0.494 e. The van der Waals surface area contributed by atoms with E-state index in [-0.39, 0.29) is 0 Å². The van der Waals surface area contributed by atoms with E-state index >= 15 is 0 Å². The highest BCUT2D eigenvalue weighted by Gasteiger charge is 2.20. The van der Waals surface area contributed by atoms with Crippen LogP contribution in [-0.4, -0.2) is 21.8 Å². The van der Waals surface area contributed by atoms with Gasteiger partial charge in [-0.15, -0.1) is 0 Å². The van der Waals surface area contributed by atoms with Gasteiger partial charge in [-0.1, -0.05) is 25.0 Å². The van der Waals surface area contributed by atoms with Crippen LogP contribution in [0.5, 0.6) is 5.75 Å². The molecule has 0 radical (unpaired) electrons. The molecule has 1 aromatic rings. The second kappa shape index (κ2) is 7.65. The summed E-state index contributed by atoms with van der Waals surface area (Å²) in [6.45, 7) is 1.16. The van der Waals surface area contributed by atoms with Crippen molar-refractivity contribution in [3.63, 3.8) is 0 Å². The Bertz CT molecular complexity index is 416. The van der Waals surface area contributed by atoms with Crippen molar-refractivity contribution >= 4 is 10.8 Å². The third kappa shape index (κ3) is 4.62. The van der Waals surface area contributed by atoms with E-state index in [1.807, 2.05) is 24.3 Å². The first kappa shape index (κ1) is 14.5. The van der Waals surface area contributed by atoms with Crippen LogP contribution in [-0.2, 0) is 17.3 Å². The number of nitrogens with two attached hydrogens (primary N) is 1. The Morgan fingerprint density at radius 2 is 2.11 bits per heavy atom. The van der Waals surface area contributed by atoms with E-state index in [0.717, 1.165) is 36.3 Å². The van der Waals surface area contributed by atoms with Gasteiger partial charge in [-0.25, -0.2) is 0 Å². The number of hydrogen-bond acceptors (Lipinski definition) is 3. The molecular formula is C15H23NO2S. The molecule has 1 atom stereocenters. The summed E-state index contributed by atoms with van der Waals surface area (Å²) < 4.78 is 17.7. The minimum atomic E-state index is -0.659. The summed E-state index contributed by atoms with van der Waals surface area (Å²) in [5.41, 5.74) is 6.66. The molecule has 1 aliphatic rings. The Morgan fingerprint density at radius 1 is 1.32 bits per heavy atom. The van der Waals surface area contributed by atoms with Crippen LogP contribution in [0.1, 0.15) is 37.7 Å². The highest BCUT2D eigenvalue weighted by atomic mass is 32.2. The van der Waals surface area contributed by atoms with Gasteiger partial charge in [0.2, 0.25) is 0 Å². The van der Waals surface area contributed by atoms with Crippen molar-refractivity contribution in [1.82, 2.24) is 0 Å². The average Bonchev–Trinajstić information content (AvgIpc) is 2.98. The predicted molar refractivity (Wildman–Crippen MR) is 79.7 cm³/mol. The lowest BCUT2D eigenvalue weighted by Crippen LogP contribution is -2.15. The molecule has 0 amide bonds. The topological polar surface area (TPSA) is 52.3 Å². The highest BCUT2D eigenvalue weighted by molar-refractivity contribution is 7.85. The first-order valence-electron chi connectivity index (χ1n) is 7.08. The zero-order chi connectivity index (χ0) is 13.5. The highest BCUT2D eigenvalue weighted by Crippen LogP contribution is 2.23. The van der Waals surface area contributed by atoms with Crippen molar-refractivity contribution in [1.29, 1.82) is 0 Å². The maximum Gasteiger partial charge on any atom is 0.119 e. The van der Waals surface area contributed by atoms with Crippen molar-refractivity contribution in [3.05, 3.63) is 29.8 Å². The summed E-state index contributed by atoms with van der Waals surface area (Å²) in [5, 5.41) is 0.445. The Hall–Kier alpha value is -0.870.